The Balaban J connectivity index is 2.12. The zero-order valence-corrected chi connectivity index (χ0v) is 11.8. The van der Waals surface area contributed by atoms with Gasteiger partial charge in [-0.2, -0.15) is 0 Å². The van der Waals surface area contributed by atoms with Gasteiger partial charge < -0.3 is 10.1 Å². The van der Waals surface area contributed by atoms with Gasteiger partial charge in [-0.15, -0.1) is 5.10 Å². The van der Waals surface area contributed by atoms with E-state index < -0.39 is 0 Å². The predicted octanol–water partition coefficient (Wildman–Crippen LogP) is 2.79. The number of rotatable bonds is 4. The van der Waals surface area contributed by atoms with Crippen LogP contribution in [0.1, 0.15) is 32.0 Å². The van der Waals surface area contributed by atoms with Crippen LogP contribution in [0.4, 0.5) is 0 Å². The number of nitrogens with one attached hydrogen (secondary N) is 2. The molecule has 0 saturated heterocycles. The number of aromatic amines is 1. The lowest BCUT2D eigenvalue weighted by molar-refractivity contribution is 0.410. The molecule has 0 radical (unpaired) electrons. The lowest BCUT2D eigenvalue weighted by Crippen LogP contribution is -2.35. The molecule has 0 saturated carbocycles. The van der Waals surface area contributed by atoms with Crippen LogP contribution in [0.3, 0.4) is 0 Å². The van der Waals surface area contributed by atoms with E-state index >= 15 is 0 Å². The summed E-state index contributed by atoms with van der Waals surface area (Å²) in [5, 5.41) is 10.4. The van der Waals surface area contributed by atoms with Gasteiger partial charge in [-0.1, -0.05) is 0 Å². The Bertz CT molecular complexity index is 542. The van der Waals surface area contributed by atoms with Gasteiger partial charge in [0, 0.05) is 35.6 Å². The summed E-state index contributed by atoms with van der Waals surface area (Å²) >= 11 is 0. The third-order valence-corrected chi connectivity index (χ3v) is 2.58. The maximum absolute atomic E-state index is 5.75. The van der Waals surface area contributed by atoms with Crippen LogP contribution in [0.2, 0.25) is 0 Å². The highest BCUT2D eigenvalue weighted by Crippen LogP contribution is 2.23. The molecule has 2 heterocycles. The molecule has 19 heavy (non-hydrogen) atoms. The molecular weight excluding hydrogens is 240 g/mol. The van der Waals surface area contributed by atoms with Crippen molar-refractivity contribution in [3.05, 3.63) is 35.8 Å². The number of pyridine rings is 1. The van der Waals surface area contributed by atoms with Crippen LogP contribution < -0.4 is 10.1 Å². The first-order valence-electron chi connectivity index (χ1n) is 6.32. The highest BCUT2D eigenvalue weighted by Gasteiger charge is 2.12. The van der Waals surface area contributed by atoms with E-state index in [-0.39, 0.29) is 5.54 Å². The van der Waals surface area contributed by atoms with E-state index in [4.69, 9.17) is 4.74 Å². The van der Waals surface area contributed by atoms with Crippen LogP contribution in [0, 0.1) is 6.92 Å². The molecule has 2 aromatic rings. The van der Waals surface area contributed by atoms with E-state index in [2.05, 4.69) is 41.3 Å². The van der Waals surface area contributed by atoms with Crippen LogP contribution in [0.15, 0.2) is 24.5 Å². The average Bonchev–Trinajstić information content (AvgIpc) is 2.73. The monoisotopic (exact) mass is 260 g/mol. The van der Waals surface area contributed by atoms with Crippen LogP contribution in [0.25, 0.3) is 0 Å². The molecule has 0 aliphatic carbocycles. The van der Waals surface area contributed by atoms with E-state index in [1.165, 1.54) is 0 Å². The van der Waals surface area contributed by atoms with Crippen molar-refractivity contribution in [2.24, 2.45) is 0 Å². The Morgan fingerprint density at radius 1 is 1.37 bits per heavy atom. The minimum Gasteiger partial charge on any atom is -0.436 e. The van der Waals surface area contributed by atoms with Crippen LogP contribution in [-0.2, 0) is 6.54 Å². The molecular formula is C14H20N4O. The molecule has 2 aromatic heterocycles. The lowest BCUT2D eigenvalue weighted by Gasteiger charge is -2.21. The third kappa shape index (κ3) is 4.06. The summed E-state index contributed by atoms with van der Waals surface area (Å²) in [4.78, 5) is 4.10. The standard InChI is InChI=1S/C14H20N4O/c1-10-7-13(18-17-10)19-12-9-15-6-5-11(12)8-16-14(2,3)4/h5-7,9,16H,8H2,1-4H3,(H,17,18). The molecule has 2 N–H and O–H groups in total. The van der Waals surface area contributed by atoms with Gasteiger partial charge in [0.25, 0.3) is 0 Å². The Morgan fingerprint density at radius 2 is 2.16 bits per heavy atom. The second kappa shape index (κ2) is 5.40. The van der Waals surface area contributed by atoms with Gasteiger partial charge in [0.15, 0.2) is 5.75 Å². The maximum Gasteiger partial charge on any atom is 0.238 e. The fourth-order valence-electron chi connectivity index (χ4n) is 1.57. The van der Waals surface area contributed by atoms with Crippen molar-refractivity contribution < 1.29 is 4.74 Å². The van der Waals surface area contributed by atoms with Gasteiger partial charge in [-0.05, 0) is 33.8 Å². The van der Waals surface area contributed by atoms with Gasteiger partial charge in [0.2, 0.25) is 5.88 Å². The van der Waals surface area contributed by atoms with Crippen molar-refractivity contribution in [1.29, 1.82) is 0 Å². The largest absolute Gasteiger partial charge is 0.436 e. The van der Waals surface area contributed by atoms with Gasteiger partial charge in [0.05, 0.1) is 6.20 Å². The second-order valence-electron chi connectivity index (χ2n) is 5.58. The first-order chi connectivity index (χ1) is 8.94. The van der Waals surface area contributed by atoms with Crippen molar-refractivity contribution in [3.8, 4) is 11.6 Å². The Hall–Kier alpha value is -1.88. The van der Waals surface area contributed by atoms with E-state index in [1.807, 2.05) is 19.1 Å². The zero-order valence-electron chi connectivity index (χ0n) is 11.8. The average molecular weight is 260 g/mol. The molecule has 2 rings (SSSR count). The third-order valence-electron chi connectivity index (χ3n) is 2.58. The molecule has 0 fully saturated rings. The molecule has 0 spiro atoms. The summed E-state index contributed by atoms with van der Waals surface area (Å²) in [6.07, 6.45) is 3.48. The first kappa shape index (κ1) is 13.5. The van der Waals surface area contributed by atoms with Crippen molar-refractivity contribution in [3.63, 3.8) is 0 Å². The van der Waals surface area contributed by atoms with Crippen molar-refractivity contribution >= 4 is 0 Å². The maximum atomic E-state index is 5.75. The molecule has 5 heteroatoms. The van der Waals surface area contributed by atoms with Gasteiger partial charge in [-0.3, -0.25) is 10.1 Å². The Labute approximate surface area is 113 Å². The first-order valence-corrected chi connectivity index (χ1v) is 6.32. The van der Waals surface area contributed by atoms with Crippen molar-refractivity contribution in [1.82, 2.24) is 20.5 Å². The lowest BCUT2D eigenvalue weighted by atomic mass is 10.1. The van der Waals surface area contributed by atoms with Gasteiger partial charge in [-0.25, -0.2) is 0 Å². The minimum absolute atomic E-state index is 0.0590. The number of aromatic nitrogens is 3. The number of aryl methyl sites for hydroxylation is 1. The smallest absolute Gasteiger partial charge is 0.238 e. The van der Waals surface area contributed by atoms with E-state index in [0.29, 0.717) is 5.88 Å². The summed E-state index contributed by atoms with van der Waals surface area (Å²) in [6, 6.07) is 3.81. The molecule has 0 aliphatic rings. The SMILES string of the molecule is Cc1cc(Oc2cnccc2CNC(C)(C)C)n[nH]1. The molecule has 0 aromatic carbocycles. The number of H-pyrrole nitrogens is 1. The van der Waals surface area contributed by atoms with Crippen molar-refractivity contribution in [2.75, 3.05) is 0 Å². The summed E-state index contributed by atoms with van der Waals surface area (Å²) in [5.41, 5.74) is 2.09. The van der Waals surface area contributed by atoms with E-state index in [9.17, 15) is 0 Å². The Morgan fingerprint density at radius 3 is 2.79 bits per heavy atom. The molecule has 0 amide bonds. The summed E-state index contributed by atoms with van der Waals surface area (Å²) in [7, 11) is 0. The quantitative estimate of drug-likeness (QED) is 0.887. The normalized spacial score (nSPS) is 11.6. The Kier molecular flexibility index (Phi) is 3.85. The molecule has 0 atom stereocenters. The van der Waals surface area contributed by atoms with E-state index in [1.54, 1.807) is 12.4 Å². The number of hydrogen-bond acceptors (Lipinski definition) is 4. The molecule has 0 bridgehead atoms. The van der Waals surface area contributed by atoms with E-state index in [0.717, 1.165) is 23.6 Å². The number of ether oxygens (including phenoxy) is 1. The minimum atomic E-state index is 0.0590. The summed E-state index contributed by atoms with van der Waals surface area (Å²) < 4.78 is 5.75. The highest BCUT2D eigenvalue weighted by atomic mass is 16.5. The molecule has 5 nitrogen and oxygen atoms in total. The fraction of sp³-hybridized carbons (Fsp3) is 0.429. The molecule has 102 valence electrons. The molecule has 0 unspecified atom stereocenters. The second-order valence-corrected chi connectivity index (χ2v) is 5.58. The molecule has 0 aliphatic heterocycles. The van der Waals surface area contributed by atoms with Gasteiger partial charge in [0.1, 0.15) is 0 Å². The predicted molar refractivity (Wildman–Crippen MR) is 74.2 cm³/mol. The highest BCUT2D eigenvalue weighted by molar-refractivity contribution is 5.33. The number of hydrogen-bond donors (Lipinski definition) is 2. The van der Waals surface area contributed by atoms with Crippen molar-refractivity contribution in [2.45, 2.75) is 39.8 Å². The van der Waals surface area contributed by atoms with Gasteiger partial charge >= 0.3 is 0 Å². The fourth-order valence-corrected chi connectivity index (χ4v) is 1.57. The van der Waals surface area contributed by atoms with Crippen LogP contribution >= 0.6 is 0 Å². The summed E-state index contributed by atoms with van der Waals surface area (Å²) in [5.74, 6) is 1.29. The van der Waals surface area contributed by atoms with Crippen LogP contribution in [-0.4, -0.2) is 20.7 Å². The zero-order chi connectivity index (χ0) is 13.9. The summed E-state index contributed by atoms with van der Waals surface area (Å²) in [6.45, 7) is 9.05. The van der Waals surface area contributed by atoms with Crippen LogP contribution in [0.5, 0.6) is 11.6 Å². The topological polar surface area (TPSA) is 62.8 Å². The number of nitrogens with zero attached hydrogens (tertiary/aromatic N) is 2.